The van der Waals surface area contributed by atoms with Crippen molar-refractivity contribution in [2.45, 2.75) is 44.2 Å². The highest BCUT2D eigenvalue weighted by Gasteiger charge is 2.36. The van der Waals surface area contributed by atoms with E-state index in [-0.39, 0.29) is 0 Å². The Morgan fingerprint density at radius 1 is 1.30 bits per heavy atom. The Kier molecular flexibility index (Phi) is 3.77. The van der Waals surface area contributed by atoms with Crippen LogP contribution in [0.3, 0.4) is 0 Å². The average molecular weight is 271 g/mol. The van der Waals surface area contributed by atoms with Gasteiger partial charge in [-0.3, -0.25) is 4.79 Å². The van der Waals surface area contributed by atoms with Crippen LogP contribution in [0.5, 0.6) is 5.75 Å². The van der Waals surface area contributed by atoms with Crippen molar-refractivity contribution >= 4 is 5.91 Å². The molecule has 3 rings (SSSR count). The number of carbonyl (C=O) groups excluding carboxylic acids is 1. The summed E-state index contributed by atoms with van der Waals surface area (Å²) in [6.07, 6.45) is 9.17. The topological polar surface area (TPSA) is 29.5 Å². The number of rotatable bonds is 4. The third-order valence-corrected chi connectivity index (χ3v) is 4.39. The van der Waals surface area contributed by atoms with Gasteiger partial charge in [-0.2, -0.15) is 0 Å². The zero-order valence-corrected chi connectivity index (χ0v) is 11.9. The summed E-state index contributed by atoms with van der Waals surface area (Å²) in [5.41, 5.74) is 1.19. The Bertz CT molecular complexity index is 506. The molecule has 3 heteroatoms. The molecule has 0 spiro atoms. The van der Waals surface area contributed by atoms with Gasteiger partial charge in [0.1, 0.15) is 5.75 Å². The normalized spacial score (nSPS) is 23.9. The van der Waals surface area contributed by atoms with Crippen molar-refractivity contribution in [2.75, 3.05) is 7.11 Å². The Morgan fingerprint density at radius 2 is 2.10 bits per heavy atom. The minimum absolute atomic E-state index is 0.303. The summed E-state index contributed by atoms with van der Waals surface area (Å²) in [5.74, 6) is 1.16. The Morgan fingerprint density at radius 3 is 2.80 bits per heavy atom. The van der Waals surface area contributed by atoms with Crippen molar-refractivity contribution in [2.24, 2.45) is 0 Å². The highest BCUT2D eigenvalue weighted by molar-refractivity contribution is 5.78. The molecule has 1 aromatic rings. The van der Waals surface area contributed by atoms with Crippen LogP contribution in [-0.4, -0.2) is 30.0 Å². The molecule has 0 N–H and O–H groups in total. The quantitative estimate of drug-likeness (QED) is 0.788. The van der Waals surface area contributed by atoms with Crippen LogP contribution in [0, 0.1) is 0 Å². The molecule has 0 radical (unpaired) electrons. The molecule has 20 heavy (non-hydrogen) atoms. The van der Waals surface area contributed by atoms with Crippen LogP contribution in [0.1, 0.15) is 31.2 Å². The van der Waals surface area contributed by atoms with Gasteiger partial charge in [0.2, 0.25) is 5.91 Å². The Balaban J connectivity index is 1.58. The van der Waals surface area contributed by atoms with Gasteiger partial charge >= 0.3 is 0 Å². The van der Waals surface area contributed by atoms with E-state index < -0.39 is 0 Å². The van der Waals surface area contributed by atoms with Gasteiger partial charge in [0.05, 0.1) is 13.2 Å². The molecule has 0 aliphatic carbocycles. The van der Waals surface area contributed by atoms with Crippen LogP contribution in [0.25, 0.3) is 0 Å². The second kappa shape index (κ2) is 5.70. The molecule has 0 aromatic heterocycles. The molecule has 1 amide bonds. The van der Waals surface area contributed by atoms with Crippen LogP contribution < -0.4 is 4.74 Å². The molecule has 1 fully saturated rings. The summed E-state index contributed by atoms with van der Waals surface area (Å²) in [5, 5.41) is 0. The molecular formula is C17H21NO2. The first kappa shape index (κ1) is 13.2. The minimum Gasteiger partial charge on any atom is -0.497 e. The molecule has 0 saturated carbocycles. The van der Waals surface area contributed by atoms with Gasteiger partial charge in [0, 0.05) is 12.5 Å². The number of amides is 1. The number of benzene rings is 1. The van der Waals surface area contributed by atoms with E-state index in [0.717, 1.165) is 31.4 Å². The largest absolute Gasteiger partial charge is 0.497 e. The van der Waals surface area contributed by atoms with Crippen LogP contribution in [0.4, 0.5) is 0 Å². The number of hydrogen-bond donors (Lipinski definition) is 0. The van der Waals surface area contributed by atoms with E-state index in [4.69, 9.17) is 4.74 Å². The standard InChI is InChI=1S/C17H21NO2/c1-20-16-10-5-13(6-11-16)7-12-17(19)18-14-3-2-4-15(18)9-8-14/h2-3,5-6,10-11,14-15H,4,7-9,12H2,1H3. The van der Waals surface area contributed by atoms with Gasteiger partial charge < -0.3 is 9.64 Å². The number of fused-ring (bicyclic) bond motifs is 2. The second-order valence-electron chi connectivity index (χ2n) is 5.61. The molecule has 3 nitrogen and oxygen atoms in total. The van der Waals surface area contributed by atoms with Crippen molar-refractivity contribution in [3.8, 4) is 5.75 Å². The number of hydrogen-bond acceptors (Lipinski definition) is 2. The lowest BCUT2D eigenvalue weighted by Gasteiger charge is -2.31. The van der Waals surface area contributed by atoms with Gasteiger partial charge in [-0.05, 0) is 43.4 Å². The van der Waals surface area contributed by atoms with E-state index in [2.05, 4.69) is 17.1 Å². The van der Waals surface area contributed by atoms with E-state index in [0.29, 0.717) is 24.4 Å². The lowest BCUT2D eigenvalue weighted by molar-refractivity contribution is -0.133. The number of nitrogens with zero attached hydrogens (tertiary/aromatic N) is 1. The van der Waals surface area contributed by atoms with Crippen LogP contribution >= 0.6 is 0 Å². The first-order valence-corrected chi connectivity index (χ1v) is 7.38. The highest BCUT2D eigenvalue weighted by atomic mass is 16.5. The fourth-order valence-electron chi connectivity index (χ4n) is 3.29. The summed E-state index contributed by atoms with van der Waals surface area (Å²) >= 11 is 0. The highest BCUT2D eigenvalue weighted by Crippen LogP contribution is 2.32. The Labute approximate surface area is 120 Å². The molecule has 2 aliphatic heterocycles. The molecule has 2 unspecified atom stereocenters. The molecule has 2 heterocycles. The summed E-state index contributed by atoms with van der Waals surface area (Å²) in [4.78, 5) is 14.5. The number of methoxy groups -OCH3 is 1. The molecular weight excluding hydrogens is 250 g/mol. The smallest absolute Gasteiger partial charge is 0.223 e. The van der Waals surface area contributed by atoms with Crippen molar-refractivity contribution in [3.63, 3.8) is 0 Å². The third-order valence-electron chi connectivity index (χ3n) is 4.39. The second-order valence-corrected chi connectivity index (χ2v) is 5.61. The first-order chi connectivity index (χ1) is 9.78. The van der Waals surface area contributed by atoms with E-state index >= 15 is 0 Å². The molecule has 106 valence electrons. The SMILES string of the molecule is COc1ccc(CCC(=O)N2C3C=CCC2CC3)cc1. The van der Waals surface area contributed by atoms with Gasteiger partial charge in [-0.25, -0.2) is 0 Å². The fraction of sp³-hybridized carbons (Fsp3) is 0.471. The zero-order valence-electron chi connectivity index (χ0n) is 11.9. The molecule has 1 saturated heterocycles. The van der Waals surface area contributed by atoms with Crippen molar-refractivity contribution in [3.05, 3.63) is 42.0 Å². The Hall–Kier alpha value is -1.77. The number of ether oxygens (including phenoxy) is 1. The van der Waals surface area contributed by atoms with Gasteiger partial charge in [-0.1, -0.05) is 24.3 Å². The van der Waals surface area contributed by atoms with Crippen LogP contribution in [0.15, 0.2) is 36.4 Å². The summed E-state index contributed by atoms with van der Waals surface area (Å²) in [7, 11) is 1.66. The van der Waals surface area contributed by atoms with E-state index in [9.17, 15) is 4.79 Å². The van der Waals surface area contributed by atoms with Crippen molar-refractivity contribution < 1.29 is 9.53 Å². The summed E-state index contributed by atoms with van der Waals surface area (Å²) < 4.78 is 5.14. The summed E-state index contributed by atoms with van der Waals surface area (Å²) in [6.45, 7) is 0. The van der Waals surface area contributed by atoms with E-state index in [1.165, 1.54) is 5.56 Å². The lowest BCUT2D eigenvalue weighted by Crippen LogP contribution is -2.42. The lowest BCUT2D eigenvalue weighted by atomic mass is 10.1. The first-order valence-electron chi connectivity index (χ1n) is 7.38. The number of aryl methyl sites for hydroxylation is 1. The average Bonchev–Trinajstić information content (AvgIpc) is 2.75. The number of carbonyl (C=O) groups is 1. The predicted octanol–water partition coefficient (Wildman–Crippen LogP) is 2.95. The van der Waals surface area contributed by atoms with E-state index in [1.54, 1.807) is 7.11 Å². The third kappa shape index (κ3) is 2.58. The van der Waals surface area contributed by atoms with Crippen LogP contribution in [-0.2, 0) is 11.2 Å². The maximum absolute atomic E-state index is 12.4. The molecule has 2 atom stereocenters. The maximum Gasteiger partial charge on any atom is 0.223 e. The molecule has 2 aliphatic rings. The van der Waals surface area contributed by atoms with Crippen molar-refractivity contribution in [1.82, 2.24) is 4.90 Å². The van der Waals surface area contributed by atoms with Gasteiger partial charge in [-0.15, -0.1) is 0 Å². The maximum atomic E-state index is 12.4. The fourth-order valence-corrected chi connectivity index (χ4v) is 3.29. The predicted molar refractivity (Wildman–Crippen MR) is 78.7 cm³/mol. The zero-order chi connectivity index (χ0) is 13.9. The van der Waals surface area contributed by atoms with Crippen LogP contribution in [0.2, 0.25) is 0 Å². The van der Waals surface area contributed by atoms with Gasteiger partial charge in [0.15, 0.2) is 0 Å². The van der Waals surface area contributed by atoms with E-state index in [1.807, 2.05) is 24.3 Å². The molecule has 1 aromatic carbocycles. The molecule has 2 bridgehead atoms. The van der Waals surface area contributed by atoms with Crippen molar-refractivity contribution in [1.29, 1.82) is 0 Å². The minimum atomic E-state index is 0.303. The van der Waals surface area contributed by atoms with Gasteiger partial charge in [0.25, 0.3) is 0 Å². The summed E-state index contributed by atoms with van der Waals surface area (Å²) in [6, 6.07) is 8.79. The monoisotopic (exact) mass is 271 g/mol.